The molecule has 10 heteroatoms. The van der Waals surface area contributed by atoms with Gasteiger partial charge in [0, 0.05) is 18.5 Å². The zero-order valence-electron chi connectivity index (χ0n) is 15.1. The molecule has 2 heterocycles. The van der Waals surface area contributed by atoms with Crippen molar-refractivity contribution in [2.45, 2.75) is 19.5 Å². The Morgan fingerprint density at radius 1 is 1.11 bits per heavy atom. The number of urea groups is 1. The van der Waals surface area contributed by atoms with Gasteiger partial charge < -0.3 is 4.90 Å². The molecule has 3 rings (SSSR count). The van der Waals surface area contributed by atoms with Crippen molar-refractivity contribution < 1.29 is 27.6 Å². The van der Waals surface area contributed by atoms with E-state index in [1.807, 2.05) is 6.07 Å². The van der Waals surface area contributed by atoms with Crippen molar-refractivity contribution in [1.82, 2.24) is 14.7 Å². The lowest BCUT2D eigenvalue weighted by atomic mass is 10.1. The van der Waals surface area contributed by atoms with E-state index < -0.39 is 46.2 Å². The molecular formula is C18H19N3O6S. The Kier molecular flexibility index (Phi) is 5.32. The van der Waals surface area contributed by atoms with Gasteiger partial charge in [0.2, 0.25) is 5.91 Å². The molecule has 0 spiro atoms. The standard InChI is InChI=1S/C18H19N3O6S/c1-2-19-16(23)17(24)21(18(19)25)11-15(22)20(10-13-6-4-3-5-7-13)14-8-9-28(26,27)12-14/h3-9,14H,2,10-12H2,1H3/t14-/m1/s1. The molecule has 2 aliphatic rings. The fourth-order valence-electron chi connectivity index (χ4n) is 3.12. The second-order valence-electron chi connectivity index (χ2n) is 6.46. The molecule has 1 aromatic rings. The van der Waals surface area contributed by atoms with Crippen molar-refractivity contribution in [3.8, 4) is 0 Å². The number of imide groups is 2. The number of sulfone groups is 1. The van der Waals surface area contributed by atoms with Crippen LogP contribution in [0.1, 0.15) is 12.5 Å². The van der Waals surface area contributed by atoms with Gasteiger partial charge in [-0.3, -0.25) is 19.3 Å². The quantitative estimate of drug-likeness (QED) is 0.491. The third-order valence-electron chi connectivity index (χ3n) is 4.57. The molecule has 1 aromatic carbocycles. The van der Waals surface area contributed by atoms with Crippen LogP contribution in [0.25, 0.3) is 0 Å². The SMILES string of the molecule is CCN1C(=O)C(=O)N(CC(=O)N(Cc2ccccc2)[C@@H]2C=CS(=O)(=O)C2)C1=O. The number of nitrogens with zero attached hydrogens (tertiary/aromatic N) is 3. The summed E-state index contributed by atoms with van der Waals surface area (Å²) >= 11 is 0. The van der Waals surface area contributed by atoms with Gasteiger partial charge in [-0.2, -0.15) is 0 Å². The van der Waals surface area contributed by atoms with Crippen LogP contribution in [0.4, 0.5) is 4.79 Å². The zero-order chi connectivity index (χ0) is 20.5. The minimum absolute atomic E-state index is 0.0193. The highest BCUT2D eigenvalue weighted by molar-refractivity contribution is 7.94. The van der Waals surface area contributed by atoms with E-state index in [1.165, 1.54) is 11.0 Å². The van der Waals surface area contributed by atoms with Gasteiger partial charge in [-0.05, 0) is 18.6 Å². The average molecular weight is 405 g/mol. The molecule has 0 aromatic heterocycles. The molecule has 0 bridgehead atoms. The van der Waals surface area contributed by atoms with Crippen LogP contribution in [-0.2, 0) is 30.8 Å². The van der Waals surface area contributed by atoms with Crippen LogP contribution in [0, 0.1) is 0 Å². The second-order valence-corrected chi connectivity index (χ2v) is 8.39. The maximum atomic E-state index is 12.9. The van der Waals surface area contributed by atoms with Gasteiger partial charge in [-0.15, -0.1) is 0 Å². The van der Waals surface area contributed by atoms with Gasteiger partial charge >= 0.3 is 17.8 Å². The molecule has 0 unspecified atom stereocenters. The van der Waals surface area contributed by atoms with E-state index in [9.17, 15) is 27.6 Å². The zero-order valence-corrected chi connectivity index (χ0v) is 16.0. The van der Waals surface area contributed by atoms with Crippen molar-refractivity contribution in [3.63, 3.8) is 0 Å². The Balaban J connectivity index is 1.83. The summed E-state index contributed by atoms with van der Waals surface area (Å²) in [7, 11) is -3.42. The van der Waals surface area contributed by atoms with Gasteiger partial charge in [0.15, 0.2) is 9.84 Å². The summed E-state index contributed by atoms with van der Waals surface area (Å²) in [5.41, 5.74) is 0.763. The molecule has 0 aliphatic carbocycles. The third kappa shape index (κ3) is 3.81. The summed E-state index contributed by atoms with van der Waals surface area (Å²) in [6.07, 6.45) is 1.41. The lowest BCUT2D eigenvalue weighted by molar-refractivity contribution is -0.145. The van der Waals surface area contributed by atoms with Crippen molar-refractivity contribution in [3.05, 3.63) is 47.4 Å². The summed E-state index contributed by atoms with van der Waals surface area (Å²) in [4.78, 5) is 51.7. The third-order valence-corrected chi connectivity index (χ3v) is 5.95. The highest BCUT2D eigenvalue weighted by Gasteiger charge is 2.45. The van der Waals surface area contributed by atoms with E-state index in [4.69, 9.17) is 0 Å². The van der Waals surface area contributed by atoms with E-state index in [-0.39, 0.29) is 18.8 Å². The monoisotopic (exact) mass is 405 g/mol. The smallest absolute Gasteiger partial charge is 0.329 e. The molecular weight excluding hydrogens is 386 g/mol. The second kappa shape index (κ2) is 7.55. The largest absolute Gasteiger partial charge is 0.334 e. The minimum Gasteiger partial charge on any atom is -0.329 e. The number of carbonyl (C=O) groups excluding carboxylic acids is 4. The Morgan fingerprint density at radius 3 is 2.29 bits per heavy atom. The molecule has 2 aliphatic heterocycles. The molecule has 1 atom stereocenters. The highest BCUT2D eigenvalue weighted by Crippen LogP contribution is 2.19. The Hall–Kier alpha value is -3.01. The van der Waals surface area contributed by atoms with E-state index in [0.29, 0.717) is 4.90 Å². The topological polar surface area (TPSA) is 112 Å². The van der Waals surface area contributed by atoms with Crippen LogP contribution in [0.5, 0.6) is 0 Å². The molecule has 1 saturated heterocycles. The molecule has 1 fully saturated rings. The van der Waals surface area contributed by atoms with Crippen LogP contribution in [0.3, 0.4) is 0 Å². The number of rotatable bonds is 6. The summed E-state index contributed by atoms with van der Waals surface area (Å²) in [6.45, 7) is 1.04. The molecule has 9 nitrogen and oxygen atoms in total. The summed E-state index contributed by atoms with van der Waals surface area (Å²) in [5.74, 6) is -2.93. The van der Waals surface area contributed by atoms with Crippen LogP contribution in [0.15, 0.2) is 41.8 Å². The molecule has 0 radical (unpaired) electrons. The van der Waals surface area contributed by atoms with Crippen molar-refractivity contribution in [2.24, 2.45) is 0 Å². The molecule has 148 valence electrons. The van der Waals surface area contributed by atoms with Gasteiger partial charge in [0.25, 0.3) is 0 Å². The van der Waals surface area contributed by atoms with E-state index >= 15 is 0 Å². The molecule has 0 saturated carbocycles. The van der Waals surface area contributed by atoms with Gasteiger partial charge in [0.05, 0.1) is 11.8 Å². The van der Waals surface area contributed by atoms with Crippen LogP contribution < -0.4 is 0 Å². The Bertz CT molecular complexity index is 957. The first kappa shape index (κ1) is 19.7. The number of amides is 5. The predicted molar refractivity (Wildman–Crippen MR) is 98.2 cm³/mol. The first-order valence-electron chi connectivity index (χ1n) is 8.65. The maximum absolute atomic E-state index is 12.9. The van der Waals surface area contributed by atoms with Crippen molar-refractivity contribution in [1.29, 1.82) is 0 Å². The fraction of sp³-hybridized carbons (Fsp3) is 0.333. The highest BCUT2D eigenvalue weighted by atomic mass is 32.2. The summed E-state index contributed by atoms with van der Waals surface area (Å²) in [6, 6.07) is 7.37. The maximum Gasteiger partial charge on any atom is 0.334 e. The van der Waals surface area contributed by atoms with Gasteiger partial charge in [0.1, 0.15) is 6.54 Å². The lowest BCUT2D eigenvalue weighted by Gasteiger charge is -2.29. The first-order chi connectivity index (χ1) is 13.2. The lowest BCUT2D eigenvalue weighted by Crippen LogP contribution is -2.47. The number of likely N-dealkylation sites (N-methyl/N-ethyl adjacent to an activating group) is 1. The normalized spacial score (nSPS) is 20.9. The van der Waals surface area contributed by atoms with Crippen molar-refractivity contribution in [2.75, 3.05) is 18.8 Å². The molecule has 0 N–H and O–H groups in total. The van der Waals surface area contributed by atoms with Gasteiger partial charge in [-0.25, -0.2) is 18.1 Å². The van der Waals surface area contributed by atoms with E-state index in [1.54, 1.807) is 31.2 Å². The first-order valence-corrected chi connectivity index (χ1v) is 10.4. The number of hydrogen-bond donors (Lipinski definition) is 0. The van der Waals surface area contributed by atoms with Crippen LogP contribution in [0.2, 0.25) is 0 Å². The summed E-state index contributed by atoms with van der Waals surface area (Å²) < 4.78 is 23.6. The number of carbonyl (C=O) groups is 4. The fourth-order valence-corrected chi connectivity index (χ4v) is 4.42. The summed E-state index contributed by atoms with van der Waals surface area (Å²) in [5, 5.41) is 1.05. The average Bonchev–Trinajstić information content (AvgIpc) is 3.12. The Labute approximate surface area is 162 Å². The van der Waals surface area contributed by atoms with Crippen molar-refractivity contribution >= 4 is 33.6 Å². The predicted octanol–water partition coefficient (Wildman–Crippen LogP) is 0.137. The number of benzene rings is 1. The van der Waals surface area contributed by atoms with Gasteiger partial charge in [-0.1, -0.05) is 30.3 Å². The van der Waals surface area contributed by atoms with Crippen LogP contribution in [-0.4, -0.2) is 71.8 Å². The number of hydrogen-bond acceptors (Lipinski definition) is 6. The van der Waals surface area contributed by atoms with E-state index in [2.05, 4.69) is 0 Å². The van der Waals surface area contributed by atoms with E-state index in [0.717, 1.165) is 15.9 Å². The molecule has 28 heavy (non-hydrogen) atoms. The minimum atomic E-state index is -3.42. The van der Waals surface area contributed by atoms with Crippen LogP contribution >= 0.6 is 0 Å². The Morgan fingerprint density at radius 2 is 1.75 bits per heavy atom. The molecule has 5 amide bonds.